The van der Waals surface area contributed by atoms with E-state index in [4.69, 9.17) is 5.21 Å². The van der Waals surface area contributed by atoms with Gasteiger partial charge < -0.3 is 5.32 Å². The number of carbonyl (C=O) groups excluding carboxylic acids is 2. The molecule has 0 aromatic heterocycles. The highest BCUT2D eigenvalue weighted by Gasteiger charge is 2.16. The van der Waals surface area contributed by atoms with Gasteiger partial charge >= 0.3 is 0 Å². The molecule has 0 aromatic carbocycles. The summed E-state index contributed by atoms with van der Waals surface area (Å²) >= 11 is 1.35. The van der Waals surface area contributed by atoms with Crippen molar-refractivity contribution in [3.63, 3.8) is 0 Å². The molecule has 0 saturated carbocycles. The van der Waals surface area contributed by atoms with Crippen molar-refractivity contribution in [2.24, 2.45) is 0 Å². The van der Waals surface area contributed by atoms with Crippen molar-refractivity contribution in [3.8, 4) is 0 Å². The summed E-state index contributed by atoms with van der Waals surface area (Å²) in [6.07, 6.45) is 6.71. The predicted octanol–water partition coefficient (Wildman–Crippen LogP) is 1.87. The molecule has 3 N–H and O–H groups in total. The van der Waals surface area contributed by atoms with Crippen molar-refractivity contribution in [1.29, 1.82) is 0 Å². The third kappa shape index (κ3) is 4.92. The maximum absolute atomic E-state index is 11.4. The summed E-state index contributed by atoms with van der Waals surface area (Å²) in [6, 6.07) is 0. The highest BCUT2D eigenvalue weighted by molar-refractivity contribution is 8.04. The molecule has 1 heterocycles. The Hall–Kier alpha value is -1.53. The Labute approximate surface area is 116 Å². The molecule has 2 amide bonds. The quantitative estimate of drug-likeness (QED) is 0.531. The van der Waals surface area contributed by atoms with Gasteiger partial charge in [0.05, 0.1) is 4.91 Å². The molecule has 0 atom stereocenters. The molecule has 0 aromatic rings. The number of rotatable bonds is 5. The summed E-state index contributed by atoms with van der Waals surface area (Å²) in [7, 11) is 0. The van der Waals surface area contributed by atoms with Gasteiger partial charge in [0, 0.05) is 17.9 Å². The first-order chi connectivity index (χ1) is 9.10. The Morgan fingerprint density at radius 2 is 2.21 bits per heavy atom. The van der Waals surface area contributed by atoms with Crippen LogP contribution in [0.25, 0.3) is 0 Å². The van der Waals surface area contributed by atoms with Gasteiger partial charge in [-0.2, -0.15) is 0 Å². The van der Waals surface area contributed by atoms with Gasteiger partial charge in [-0.1, -0.05) is 19.9 Å². The van der Waals surface area contributed by atoms with Crippen LogP contribution in [0.5, 0.6) is 0 Å². The molecule has 0 radical (unpaired) electrons. The Morgan fingerprint density at radius 3 is 2.79 bits per heavy atom. The molecular formula is C13H18N2O3S. The van der Waals surface area contributed by atoms with E-state index in [0.29, 0.717) is 17.1 Å². The minimum absolute atomic E-state index is 0.0421. The Balaban J connectivity index is 2.81. The number of hydrogen-bond acceptors (Lipinski definition) is 4. The Morgan fingerprint density at radius 1 is 1.47 bits per heavy atom. The molecule has 0 aliphatic carbocycles. The lowest BCUT2D eigenvalue weighted by molar-refractivity contribution is -0.124. The monoisotopic (exact) mass is 282 g/mol. The average Bonchev–Trinajstić information content (AvgIpc) is 2.86. The average molecular weight is 282 g/mol. The molecule has 19 heavy (non-hydrogen) atoms. The molecule has 1 aliphatic heterocycles. The lowest BCUT2D eigenvalue weighted by Gasteiger charge is -2.05. The lowest BCUT2D eigenvalue weighted by Crippen LogP contribution is -2.20. The molecule has 104 valence electrons. The summed E-state index contributed by atoms with van der Waals surface area (Å²) < 4.78 is 0. The standard InChI is InChI=1S/C13H18N2O3S/c1-3-5-10(14-12(16)4-2)6-9-7-11(19-8-9)13(17)15-18/h5-7,18H,3-4,8H2,1-2H3,(H,14,16)(H,15,17)/b9-6-,10-5+. The minimum Gasteiger partial charge on any atom is -0.326 e. The van der Waals surface area contributed by atoms with Crippen LogP contribution in [0.15, 0.2) is 34.4 Å². The van der Waals surface area contributed by atoms with Crippen LogP contribution in [0, 0.1) is 0 Å². The fourth-order valence-corrected chi connectivity index (χ4v) is 2.40. The van der Waals surface area contributed by atoms with Crippen molar-refractivity contribution in [1.82, 2.24) is 10.8 Å². The van der Waals surface area contributed by atoms with Gasteiger partial charge in [0.2, 0.25) is 5.91 Å². The predicted molar refractivity (Wildman–Crippen MR) is 75.4 cm³/mol. The number of allylic oxidation sites excluding steroid dienone is 3. The van der Waals surface area contributed by atoms with Crippen LogP contribution in [0.2, 0.25) is 0 Å². The topological polar surface area (TPSA) is 78.4 Å². The van der Waals surface area contributed by atoms with E-state index < -0.39 is 5.91 Å². The van der Waals surface area contributed by atoms with E-state index in [1.807, 2.05) is 19.1 Å². The SMILES string of the molecule is CC/C=C(\C=C1\C=C(C(=O)NO)SC1)NC(=O)CC. The zero-order chi connectivity index (χ0) is 14.3. The third-order valence-corrected chi connectivity index (χ3v) is 3.50. The van der Waals surface area contributed by atoms with Crippen molar-refractivity contribution in [2.45, 2.75) is 26.7 Å². The van der Waals surface area contributed by atoms with Crippen LogP contribution >= 0.6 is 11.8 Å². The maximum Gasteiger partial charge on any atom is 0.281 e. The van der Waals surface area contributed by atoms with Crippen LogP contribution in [0.4, 0.5) is 0 Å². The van der Waals surface area contributed by atoms with Crippen LogP contribution in [-0.4, -0.2) is 22.8 Å². The summed E-state index contributed by atoms with van der Waals surface area (Å²) in [5.74, 6) is 0.0951. The first-order valence-electron chi connectivity index (χ1n) is 6.10. The van der Waals surface area contributed by atoms with Gasteiger partial charge in [-0.25, -0.2) is 5.48 Å². The van der Waals surface area contributed by atoms with E-state index in [0.717, 1.165) is 17.7 Å². The summed E-state index contributed by atoms with van der Waals surface area (Å²) in [5.41, 5.74) is 3.28. The van der Waals surface area contributed by atoms with Crippen molar-refractivity contribution < 1.29 is 14.8 Å². The number of hydroxylamine groups is 1. The maximum atomic E-state index is 11.4. The fourth-order valence-electron chi connectivity index (χ4n) is 1.50. The molecule has 0 bridgehead atoms. The second-order valence-corrected chi connectivity index (χ2v) is 4.94. The number of carbonyl (C=O) groups is 2. The van der Waals surface area contributed by atoms with E-state index in [-0.39, 0.29) is 5.91 Å². The summed E-state index contributed by atoms with van der Waals surface area (Å²) in [6.45, 7) is 3.78. The highest BCUT2D eigenvalue weighted by Crippen LogP contribution is 2.29. The molecule has 1 rings (SSSR count). The van der Waals surface area contributed by atoms with Gasteiger partial charge in [0.1, 0.15) is 0 Å². The van der Waals surface area contributed by atoms with E-state index in [2.05, 4.69) is 5.32 Å². The largest absolute Gasteiger partial charge is 0.326 e. The second-order valence-electron chi connectivity index (χ2n) is 3.93. The van der Waals surface area contributed by atoms with Gasteiger partial charge in [-0.3, -0.25) is 14.8 Å². The smallest absolute Gasteiger partial charge is 0.281 e. The molecule has 1 aliphatic rings. The Kier molecular flexibility index (Phi) is 6.38. The Bertz CT molecular complexity index is 453. The molecular weight excluding hydrogens is 264 g/mol. The van der Waals surface area contributed by atoms with Crippen molar-refractivity contribution in [2.75, 3.05) is 5.75 Å². The van der Waals surface area contributed by atoms with E-state index in [1.54, 1.807) is 18.5 Å². The summed E-state index contributed by atoms with van der Waals surface area (Å²) in [4.78, 5) is 23.1. The van der Waals surface area contributed by atoms with E-state index >= 15 is 0 Å². The second kappa shape index (κ2) is 7.81. The van der Waals surface area contributed by atoms with Crippen LogP contribution in [0.1, 0.15) is 26.7 Å². The molecule has 6 heteroatoms. The van der Waals surface area contributed by atoms with Gasteiger partial charge in [-0.15, -0.1) is 11.8 Å². The number of amides is 2. The number of thioether (sulfide) groups is 1. The summed E-state index contributed by atoms with van der Waals surface area (Å²) in [5, 5.41) is 11.4. The lowest BCUT2D eigenvalue weighted by atomic mass is 10.2. The van der Waals surface area contributed by atoms with Gasteiger partial charge in [0.25, 0.3) is 5.91 Å². The minimum atomic E-state index is -0.507. The fraction of sp³-hybridized carbons (Fsp3) is 0.385. The molecule has 0 saturated heterocycles. The first-order valence-corrected chi connectivity index (χ1v) is 7.08. The van der Waals surface area contributed by atoms with Crippen LogP contribution in [-0.2, 0) is 9.59 Å². The number of hydrogen-bond donors (Lipinski definition) is 3. The first kappa shape index (κ1) is 15.5. The molecule has 0 unspecified atom stereocenters. The van der Waals surface area contributed by atoms with Crippen LogP contribution < -0.4 is 10.8 Å². The molecule has 5 nitrogen and oxygen atoms in total. The zero-order valence-electron chi connectivity index (χ0n) is 11.0. The molecule has 0 fully saturated rings. The molecule has 0 spiro atoms. The van der Waals surface area contributed by atoms with Crippen LogP contribution in [0.3, 0.4) is 0 Å². The zero-order valence-corrected chi connectivity index (χ0v) is 11.8. The third-order valence-electron chi connectivity index (χ3n) is 2.41. The van der Waals surface area contributed by atoms with Gasteiger partial charge in [0.15, 0.2) is 0 Å². The van der Waals surface area contributed by atoms with Gasteiger partial charge in [-0.05, 0) is 24.1 Å². The van der Waals surface area contributed by atoms with Crippen molar-refractivity contribution in [3.05, 3.63) is 34.4 Å². The number of nitrogens with one attached hydrogen (secondary N) is 2. The highest BCUT2D eigenvalue weighted by atomic mass is 32.2. The van der Waals surface area contributed by atoms with E-state index in [9.17, 15) is 9.59 Å². The van der Waals surface area contributed by atoms with Crippen molar-refractivity contribution >= 4 is 23.6 Å². The normalized spacial score (nSPS) is 17.3. The van der Waals surface area contributed by atoms with E-state index in [1.165, 1.54) is 11.8 Å².